The molecule has 1 aromatic carbocycles. The summed E-state index contributed by atoms with van der Waals surface area (Å²) in [5.41, 5.74) is 1.77. The summed E-state index contributed by atoms with van der Waals surface area (Å²) in [5, 5.41) is 9.84. The van der Waals surface area contributed by atoms with Gasteiger partial charge in [0.2, 0.25) is 5.91 Å². The number of thioether (sulfide) groups is 1. The minimum atomic E-state index is -0.958. The van der Waals surface area contributed by atoms with Gasteiger partial charge in [0.15, 0.2) is 6.04 Å². The molecular weight excluding hydrogens is 274 g/mol. The molecule has 108 valence electrons. The number of rotatable bonds is 4. The zero-order chi connectivity index (χ0) is 14.7. The first-order valence-corrected chi connectivity index (χ1v) is 7.77. The topological polar surface area (TPSA) is 57.6 Å². The number of aliphatic carboxylic acids is 1. The molecule has 1 unspecified atom stereocenters. The maximum Gasteiger partial charge on any atom is 0.331 e. The fourth-order valence-electron chi connectivity index (χ4n) is 2.42. The highest BCUT2D eigenvalue weighted by Gasteiger charge is 2.35. The van der Waals surface area contributed by atoms with Crippen LogP contribution >= 0.6 is 11.8 Å². The molecule has 4 nitrogen and oxygen atoms in total. The van der Waals surface area contributed by atoms with E-state index in [1.807, 2.05) is 38.1 Å². The lowest BCUT2D eigenvalue weighted by Crippen LogP contribution is -2.44. The van der Waals surface area contributed by atoms with E-state index in [-0.39, 0.29) is 5.91 Å². The van der Waals surface area contributed by atoms with Crippen molar-refractivity contribution < 1.29 is 14.7 Å². The Morgan fingerprint density at radius 1 is 1.40 bits per heavy atom. The van der Waals surface area contributed by atoms with Gasteiger partial charge in [-0.25, -0.2) is 4.79 Å². The Balaban J connectivity index is 2.22. The summed E-state index contributed by atoms with van der Waals surface area (Å²) in [6, 6.07) is 6.63. The molecule has 0 spiro atoms. The van der Waals surface area contributed by atoms with E-state index < -0.39 is 12.0 Å². The highest BCUT2D eigenvalue weighted by atomic mass is 32.2. The third kappa shape index (κ3) is 3.15. The summed E-state index contributed by atoms with van der Waals surface area (Å²) in [5.74, 6) is -0.713. The maximum absolute atomic E-state index is 12.3. The van der Waals surface area contributed by atoms with Crippen molar-refractivity contribution in [3.63, 3.8) is 0 Å². The lowest BCUT2D eigenvalue weighted by Gasteiger charge is -2.34. The van der Waals surface area contributed by atoms with Crippen LogP contribution in [0.15, 0.2) is 24.3 Å². The van der Waals surface area contributed by atoms with Crippen LogP contribution in [-0.2, 0) is 16.0 Å². The smallest absolute Gasteiger partial charge is 0.331 e. The molecule has 1 N–H and O–H groups in total. The van der Waals surface area contributed by atoms with Gasteiger partial charge in [0.05, 0.1) is 5.75 Å². The van der Waals surface area contributed by atoms with Crippen molar-refractivity contribution in [3.05, 3.63) is 35.4 Å². The van der Waals surface area contributed by atoms with Crippen LogP contribution in [0.4, 0.5) is 0 Å². The zero-order valence-corrected chi connectivity index (χ0v) is 12.5. The fraction of sp³-hybridized carbons (Fsp3) is 0.467. The van der Waals surface area contributed by atoms with Gasteiger partial charge >= 0.3 is 5.97 Å². The molecule has 1 aromatic rings. The average molecular weight is 293 g/mol. The van der Waals surface area contributed by atoms with Gasteiger partial charge in [-0.05, 0) is 22.8 Å². The highest BCUT2D eigenvalue weighted by molar-refractivity contribution is 8.00. The number of carbonyl (C=O) groups is 2. The van der Waals surface area contributed by atoms with E-state index in [2.05, 4.69) is 0 Å². The lowest BCUT2D eigenvalue weighted by atomic mass is 9.92. The van der Waals surface area contributed by atoms with Crippen molar-refractivity contribution in [1.29, 1.82) is 0 Å². The molecule has 5 heteroatoms. The van der Waals surface area contributed by atoms with Gasteiger partial charge < -0.3 is 10.0 Å². The second kappa shape index (κ2) is 6.31. The van der Waals surface area contributed by atoms with Crippen molar-refractivity contribution >= 4 is 23.6 Å². The Hall–Kier alpha value is -1.49. The summed E-state index contributed by atoms with van der Waals surface area (Å²) < 4.78 is 0. The fourth-order valence-corrected chi connectivity index (χ4v) is 3.06. The number of amides is 1. The molecule has 1 amide bonds. The Morgan fingerprint density at radius 2 is 2.10 bits per heavy atom. The van der Waals surface area contributed by atoms with Gasteiger partial charge in [-0.3, -0.25) is 4.79 Å². The van der Waals surface area contributed by atoms with Crippen LogP contribution in [0.2, 0.25) is 0 Å². The number of carbonyl (C=O) groups excluding carboxylic acids is 1. The summed E-state index contributed by atoms with van der Waals surface area (Å²) in [4.78, 5) is 25.3. The SMILES string of the molecule is CC(C)SCC(=O)N1CCc2ccccc2C1C(=O)O. The standard InChI is InChI=1S/C15H19NO3S/c1-10(2)20-9-13(17)16-8-7-11-5-3-4-6-12(11)14(16)15(18)19/h3-6,10,14H,7-9H2,1-2H3,(H,18,19). The summed E-state index contributed by atoms with van der Waals surface area (Å²) >= 11 is 1.54. The lowest BCUT2D eigenvalue weighted by molar-refractivity contribution is -0.150. The Kier molecular flexibility index (Phi) is 4.70. The molecule has 0 radical (unpaired) electrons. The minimum Gasteiger partial charge on any atom is -0.479 e. The quantitative estimate of drug-likeness (QED) is 0.925. The molecule has 1 aliphatic heterocycles. The van der Waals surface area contributed by atoms with Crippen molar-refractivity contribution in [3.8, 4) is 0 Å². The molecule has 20 heavy (non-hydrogen) atoms. The summed E-state index contributed by atoms with van der Waals surface area (Å²) in [7, 11) is 0. The first-order chi connectivity index (χ1) is 9.50. The van der Waals surface area contributed by atoms with Crippen molar-refractivity contribution in [2.45, 2.75) is 31.6 Å². The number of hydrogen-bond donors (Lipinski definition) is 1. The number of carboxylic acid groups (broad SMARTS) is 1. The summed E-state index contributed by atoms with van der Waals surface area (Å²) in [6.07, 6.45) is 0.720. The highest BCUT2D eigenvalue weighted by Crippen LogP contribution is 2.30. The Morgan fingerprint density at radius 3 is 2.75 bits per heavy atom. The second-order valence-corrected chi connectivity index (χ2v) is 6.70. The van der Waals surface area contributed by atoms with E-state index in [1.165, 1.54) is 4.90 Å². The van der Waals surface area contributed by atoms with Crippen LogP contribution in [0, 0.1) is 0 Å². The molecule has 0 fully saturated rings. The van der Waals surface area contributed by atoms with Crippen molar-refractivity contribution in [2.75, 3.05) is 12.3 Å². The molecule has 0 aromatic heterocycles. The Labute approximate surface area is 123 Å². The first-order valence-electron chi connectivity index (χ1n) is 6.72. The third-order valence-corrected chi connectivity index (χ3v) is 4.46. The predicted molar refractivity (Wildman–Crippen MR) is 79.8 cm³/mol. The number of carboxylic acids is 1. The van der Waals surface area contributed by atoms with Crippen molar-refractivity contribution in [2.24, 2.45) is 0 Å². The summed E-state index contributed by atoms with van der Waals surface area (Å²) in [6.45, 7) is 4.53. The normalized spacial score (nSPS) is 17.9. The average Bonchev–Trinajstić information content (AvgIpc) is 2.43. The zero-order valence-electron chi connectivity index (χ0n) is 11.7. The number of fused-ring (bicyclic) bond motifs is 1. The van der Waals surface area contributed by atoms with E-state index in [1.54, 1.807) is 11.8 Å². The van der Waals surface area contributed by atoms with Gasteiger partial charge in [-0.2, -0.15) is 0 Å². The van der Waals surface area contributed by atoms with Gasteiger partial charge in [0, 0.05) is 6.54 Å². The monoisotopic (exact) mass is 293 g/mol. The Bertz CT molecular complexity index is 516. The van der Waals surface area contributed by atoms with E-state index in [4.69, 9.17) is 0 Å². The van der Waals surface area contributed by atoms with Crippen LogP contribution < -0.4 is 0 Å². The van der Waals surface area contributed by atoms with Crippen LogP contribution in [0.25, 0.3) is 0 Å². The molecule has 2 rings (SSSR count). The predicted octanol–water partition coefficient (Wildman–Crippen LogP) is 2.34. The van der Waals surface area contributed by atoms with Gasteiger partial charge in [-0.15, -0.1) is 11.8 Å². The van der Waals surface area contributed by atoms with Crippen LogP contribution in [0.1, 0.15) is 31.0 Å². The van der Waals surface area contributed by atoms with E-state index in [0.29, 0.717) is 17.5 Å². The number of benzene rings is 1. The third-order valence-electron chi connectivity index (χ3n) is 3.38. The van der Waals surface area contributed by atoms with E-state index >= 15 is 0 Å². The molecule has 0 saturated carbocycles. The van der Waals surface area contributed by atoms with Crippen LogP contribution in [0.3, 0.4) is 0 Å². The molecule has 0 bridgehead atoms. The van der Waals surface area contributed by atoms with E-state index in [9.17, 15) is 14.7 Å². The van der Waals surface area contributed by atoms with Gasteiger partial charge in [0.25, 0.3) is 0 Å². The van der Waals surface area contributed by atoms with Gasteiger partial charge in [0.1, 0.15) is 0 Å². The van der Waals surface area contributed by atoms with E-state index in [0.717, 1.165) is 17.5 Å². The molecule has 1 heterocycles. The molecule has 0 aliphatic carbocycles. The van der Waals surface area contributed by atoms with Crippen molar-refractivity contribution in [1.82, 2.24) is 4.90 Å². The van der Waals surface area contributed by atoms with Crippen LogP contribution in [-0.4, -0.2) is 39.4 Å². The van der Waals surface area contributed by atoms with Gasteiger partial charge in [-0.1, -0.05) is 38.1 Å². The maximum atomic E-state index is 12.3. The second-order valence-electron chi connectivity index (χ2n) is 5.14. The molecule has 1 aliphatic rings. The minimum absolute atomic E-state index is 0.0920. The largest absolute Gasteiger partial charge is 0.479 e. The molecular formula is C15H19NO3S. The van der Waals surface area contributed by atoms with Crippen LogP contribution in [0.5, 0.6) is 0 Å². The number of hydrogen-bond acceptors (Lipinski definition) is 3. The molecule has 1 atom stereocenters. The number of nitrogens with zero attached hydrogens (tertiary/aromatic N) is 1. The first kappa shape index (κ1) is 14.9. The molecule has 0 saturated heterocycles.